The fourth-order valence-electron chi connectivity index (χ4n) is 1.66. The van der Waals surface area contributed by atoms with Crippen LogP contribution >= 0.6 is 0 Å². The second kappa shape index (κ2) is 6.26. The van der Waals surface area contributed by atoms with Crippen molar-refractivity contribution in [3.05, 3.63) is 36.0 Å². The number of hydrogen-bond donors (Lipinski definition) is 1. The van der Waals surface area contributed by atoms with Crippen LogP contribution in [0.25, 0.3) is 0 Å². The summed E-state index contributed by atoms with van der Waals surface area (Å²) in [5.74, 6) is 1.96. The number of anilines is 1. The second-order valence-electron chi connectivity index (χ2n) is 4.06. The van der Waals surface area contributed by atoms with Crippen molar-refractivity contribution >= 4 is 5.69 Å². The maximum Gasteiger partial charge on any atom is 0.123 e. The highest BCUT2D eigenvalue weighted by Gasteiger charge is 2.02. The maximum absolute atomic E-state index is 5.62. The molecule has 18 heavy (non-hydrogen) atoms. The van der Waals surface area contributed by atoms with Gasteiger partial charge in [-0.3, -0.25) is 4.68 Å². The number of nitrogens with zero attached hydrogens (tertiary/aromatic N) is 2. The molecule has 0 fully saturated rings. The minimum absolute atomic E-state index is 0.666. The molecule has 5 heteroatoms. The monoisotopic (exact) mass is 249 g/mol. The molecule has 0 aliphatic rings. The van der Waals surface area contributed by atoms with E-state index in [1.807, 2.05) is 23.0 Å². The van der Waals surface area contributed by atoms with Crippen LogP contribution in [0.5, 0.6) is 0 Å². The van der Waals surface area contributed by atoms with E-state index in [4.69, 9.17) is 9.15 Å². The third-order valence-corrected chi connectivity index (χ3v) is 2.69. The van der Waals surface area contributed by atoms with Crippen LogP contribution in [0.4, 0.5) is 5.69 Å². The quantitative estimate of drug-likeness (QED) is 0.818. The molecule has 2 rings (SSSR count). The Balaban J connectivity index is 1.84. The van der Waals surface area contributed by atoms with E-state index in [1.54, 1.807) is 13.3 Å². The Hall–Kier alpha value is -1.75. The fraction of sp³-hybridized carbons (Fsp3) is 0.462. The Bertz CT molecular complexity index is 476. The molecule has 0 aromatic carbocycles. The largest absolute Gasteiger partial charge is 0.464 e. The van der Waals surface area contributed by atoms with Crippen molar-refractivity contribution in [2.45, 2.75) is 26.4 Å². The summed E-state index contributed by atoms with van der Waals surface area (Å²) in [5, 5.41) is 7.51. The number of furan rings is 1. The van der Waals surface area contributed by atoms with Crippen molar-refractivity contribution in [1.82, 2.24) is 9.78 Å². The predicted octanol–water partition coefficient (Wildman–Crippen LogP) is 2.30. The van der Waals surface area contributed by atoms with Crippen LogP contribution in [-0.2, 0) is 24.2 Å². The normalized spacial score (nSPS) is 10.8. The number of ether oxygens (including phenoxy) is 1. The van der Waals surface area contributed by atoms with Crippen molar-refractivity contribution in [3.63, 3.8) is 0 Å². The summed E-state index contributed by atoms with van der Waals surface area (Å²) in [7, 11) is 1.69. The Morgan fingerprint density at radius 2 is 2.22 bits per heavy atom. The third-order valence-electron chi connectivity index (χ3n) is 2.69. The summed E-state index contributed by atoms with van der Waals surface area (Å²) in [6, 6.07) is 4.01. The highest BCUT2D eigenvalue weighted by Crippen LogP contribution is 2.11. The first-order valence-corrected chi connectivity index (χ1v) is 6.14. The molecule has 0 unspecified atom stereocenters. The van der Waals surface area contributed by atoms with E-state index in [0.717, 1.165) is 30.2 Å². The summed E-state index contributed by atoms with van der Waals surface area (Å²) >= 11 is 0. The van der Waals surface area contributed by atoms with Crippen LogP contribution in [-0.4, -0.2) is 23.5 Å². The number of nitrogens with one attached hydrogen (secondary N) is 1. The van der Waals surface area contributed by atoms with Gasteiger partial charge in [-0.05, 0) is 12.1 Å². The average Bonchev–Trinajstić information content (AvgIpc) is 3.03. The van der Waals surface area contributed by atoms with Gasteiger partial charge >= 0.3 is 0 Å². The molecule has 0 atom stereocenters. The first-order valence-electron chi connectivity index (χ1n) is 6.14. The molecule has 2 aromatic heterocycles. The number of aryl methyl sites for hydroxylation is 1. The molecule has 5 nitrogen and oxygen atoms in total. The van der Waals surface area contributed by atoms with Crippen LogP contribution in [0.15, 0.2) is 28.9 Å². The Labute approximate surface area is 107 Å². The molecule has 1 N–H and O–H groups in total. The third kappa shape index (κ3) is 3.37. The molecule has 0 saturated carbocycles. The van der Waals surface area contributed by atoms with E-state index in [0.29, 0.717) is 13.2 Å². The summed E-state index contributed by atoms with van der Waals surface area (Å²) in [4.78, 5) is 0. The van der Waals surface area contributed by atoms with E-state index in [-0.39, 0.29) is 0 Å². The lowest BCUT2D eigenvalue weighted by Crippen LogP contribution is -2.04. The van der Waals surface area contributed by atoms with Crippen molar-refractivity contribution in [3.8, 4) is 0 Å². The van der Waals surface area contributed by atoms with Crippen molar-refractivity contribution < 1.29 is 9.15 Å². The standard InChI is InChI=1S/C13H19N3O2/c1-3-12-4-5-13(18-12)9-14-11-8-15-16(10-11)6-7-17-2/h4-5,8,10,14H,3,6-7,9H2,1-2H3. The van der Waals surface area contributed by atoms with Crippen LogP contribution in [0.2, 0.25) is 0 Å². The summed E-state index contributed by atoms with van der Waals surface area (Å²) in [6.45, 7) is 4.18. The van der Waals surface area contributed by atoms with Gasteiger partial charge in [0.2, 0.25) is 0 Å². The number of aromatic nitrogens is 2. The molecule has 0 aliphatic heterocycles. The second-order valence-corrected chi connectivity index (χ2v) is 4.06. The highest BCUT2D eigenvalue weighted by molar-refractivity contribution is 5.38. The number of rotatable bonds is 7. The molecule has 2 heterocycles. The lowest BCUT2D eigenvalue weighted by atomic mass is 10.3. The lowest BCUT2D eigenvalue weighted by Gasteiger charge is -2.01. The van der Waals surface area contributed by atoms with Gasteiger partial charge in [-0.2, -0.15) is 5.10 Å². The van der Waals surface area contributed by atoms with Crippen molar-refractivity contribution in [1.29, 1.82) is 0 Å². The molecule has 0 amide bonds. The van der Waals surface area contributed by atoms with Crippen molar-refractivity contribution in [2.24, 2.45) is 0 Å². The molecule has 0 radical (unpaired) electrons. The fourth-order valence-corrected chi connectivity index (χ4v) is 1.66. The van der Waals surface area contributed by atoms with Gasteiger partial charge in [-0.1, -0.05) is 6.92 Å². The topological polar surface area (TPSA) is 52.2 Å². The zero-order valence-corrected chi connectivity index (χ0v) is 10.8. The number of methoxy groups -OCH3 is 1. The lowest BCUT2D eigenvalue weighted by molar-refractivity contribution is 0.183. The molecule has 98 valence electrons. The average molecular weight is 249 g/mol. The van der Waals surface area contributed by atoms with Gasteiger partial charge in [0.15, 0.2) is 0 Å². The predicted molar refractivity (Wildman–Crippen MR) is 69.5 cm³/mol. The summed E-state index contributed by atoms with van der Waals surface area (Å²) < 4.78 is 12.5. The molecule has 2 aromatic rings. The molecule has 0 spiro atoms. The van der Waals surface area contributed by atoms with Gasteiger partial charge in [0, 0.05) is 19.7 Å². The van der Waals surface area contributed by atoms with Crippen LogP contribution in [0.1, 0.15) is 18.4 Å². The van der Waals surface area contributed by atoms with Gasteiger partial charge in [-0.15, -0.1) is 0 Å². The van der Waals surface area contributed by atoms with E-state index in [9.17, 15) is 0 Å². The highest BCUT2D eigenvalue weighted by atomic mass is 16.5. The van der Waals surface area contributed by atoms with Gasteiger partial charge in [0.1, 0.15) is 11.5 Å². The van der Waals surface area contributed by atoms with Crippen molar-refractivity contribution in [2.75, 3.05) is 19.0 Å². The molecule has 0 aliphatic carbocycles. The van der Waals surface area contributed by atoms with Crippen LogP contribution in [0, 0.1) is 0 Å². The van der Waals surface area contributed by atoms with Crippen LogP contribution < -0.4 is 5.32 Å². The van der Waals surface area contributed by atoms with Gasteiger partial charge < -0.3 is 14.5 Å². The Morgan fingerprint density at radius 3 is 2.94 bits per heavy atom. The SMILES string of the molecule is CCc1ccc(CNc2cnn(CCOC)c2)o1. The zero-order valence-electron chi connectivity index (χ0n) is 10.8. The smallest absolute Gasteiger partial charge is 0.123 e. The van der Waals surface area contributed by atoms with E-state index < -0.39 is 0 Å². The first-order chi connectivity index (χ1) is 8.81. The van der Waals surface area contributed by atoms with Gasteiger partial charge in [-0.25, -0.2) is 0 Å². The first kappa shape index (κ1) is 12.7. The molecular weight excluding hydrogens is 230 g/mol. The molecule has 0 saturated heterocycles. The van der Waals surface area contributed by atoms with E-state index in [1.165, 1.54) is 0 Å². The van der Waals surface area contributed by atoms with Gasteiger partial charge in [0.05, 0.1) is 31.6 Å². The number of hydrogen-bond acceptors (Lipinski definition) is 4. The minimum Gasteiger partial charge on any atom is -0.464 e. The maximum atomic E-state index is 5.62. The Morgan fingerprint density at radius 1 is 1.39 bits per heavy atom. The van der Waals surface area contributed by atoms with E-state index in [2.05, 4.69) is 17.3 Å². The zero-order chi connectivity index (χ0) is 12.8. The molecular formula is C13H19N3O2. The summed E-state index contributed by atoms with van der Waals surface area (Å²) in [5.41, 5.74) is 0.987. The minimum atomic E-state index is 0.666. The van der Waals surface area contributed by atoms with Gasteiger partial charge in [0.25, 0.3) is 0 Å². The molecule has 0 bridgehead atoms. The van der Waals surface area contributed by atoms with Crippen LogP contribution in [0.3, 0.4) is 0 Å². The van der Waals surface area contributed by atoms with E-state index >= 15 is 0 Å². The Kier molecular flexibility index (Phi) is 4.41. The summed E-state index contributed by atoms with van der Waals surface area (Å²) in [6.07, 6.45) is 4.69.